The fourth-order valence-corrected chi connectivity index (χ4v) is 1.75. The van der Waals surface area contributed by atoms with Gasteiger partial charge in [-0.25, -0.2) is 0 Å². The number of Topliss-reactive ketones (excluding diaryl/α,β-unsaturated/α-hetero) is 1. The van der Waals surface area contributed by atoms with Gasteiger partial charge in [0, 0.05) is 0 Å². The molecular formula is C12H12ClF3O. The van der Waals surface area contributed by atoms with E-state index in [1.807, 2.05) is 0 Å². The van der Waals surface area contributed by atoms with Crippen molar-refractivity contribution in [2.75, 3.05) is 0 Å². The van der Waals surface area contributed by atoms with Crippen molar-refractivity contribution >= 4 is 17.4 Å². The third kappa shape index (κ3) is 3.22. The lowest BCUT2D eigenvalue weighted by atomic mass is 9.97. The fraction of sp³-hybridized carbons (Fsp3) is 0.417. The highest BCUT2D eigenvalue weighted by molar-refractivity contribution is 6.30. The summed E-state index contributed by atoms with van der Waals surface area (Å²) < 4.78 is 37.6. The van der Waals surface area contributed by atoms with Crippen LogP contribution in [0.3, 0.4) is 0 Å². The first-order chi connectivity index (χ1) is 7.77. The summed E-state index contributed by atoms with van der Waals surface area (Å²) in [5, 5.41) is -1.02. The second kappa shape index (κ2) is 5.08. The van der Waals surface area contributed by atoms with Crippen molar-refractivity contribution in [1.82, 2.24) is 0 Å². The van der Waals surface area contributed by atoms with Gasteiger partial charge in [0.2, 0.25) is 0 Å². The Morgan fingerprint density at radius 2 is 2.00 bits per heavy atom. The molecule has 0 N–H and O–H groups in total. The van der Waals surface area contributed by atoms with Crippen LogP contribution in [0.25, 0.3) is 0 Å². The zero-order valence-corrected chi connectivity index (χ0v) is 10.2. The maximum absolute atomic E-state index is 12.5. The SMILES string of the molecule is CCc1ccc(C(F)(F)F)cc1C(Cl)C(C)=O. The van der Waals surface area contributed by atoms with Crippen LogP contribution in [0.4, 0.5) is 13.2 Å². The summed E-state index contributed by atoms with van der Waals surface area (Å²) in [6.07, 6.45) is -3.89. The van der Waals surface area contributed by atoms with Gasteiger partial charge in [-0.15, -0.1) is 11.6 Å². The molecule has 1 rings (SSSR count). The van der Waals surface area contributed by atoms with E-state index in [1.165, 1.54) is 13.0 Å². The monoisotopic (exact) mass is 264 g/mol. The molecule has 0 amide bonds. The lowest BCUT2D eigenvalue weighted by molar-refractivity contribution is -0.137. The van der Waals surface area contributed by atoms with Crippen molar-refractivity contribution in [1.29, 1.82) is 0 Å². The van der Waals surface area contributed by atoms with Gasteiger partial charge in [-0.2, -0.15) is 13.2 Å². The molecule has 5 heteroatoms. The van der Waals surface area contributed by atoms with E-state index in [0.29, 0.717) is 12.0 Å². The Kier molecular flexibility index (Phi) is 4.20. The number of hydrogen-bond donors (Lipinski definition) is 0. The maximum atomic E-state index is 12.5. The Labute approximate surface area is 103 Å². The molecule has 17 heavy (non-hydrogen) atoms. The summed E-state index contributed by atoms with van der Waals surface area (Å²) in [5.41, 5.74) is 0.126. The molecule has 0 fully saturated rings. The standard InChI is InChI=1S/C12H12ClF3O/c1-3-8-4-5-9(12(14,15)16)6-10(8)11(13)7(2)17/h4-6,11H,3H2,1-2H3. The molecule has 0 aliphatic carbocycles. The molecule has 1 atom stereocenters. The van der Waals surface area contributed by atoms with Crippen LogP contribution in [0.1, 0.15) is 35.9 Å². The maximum Gasteiger partial charge on any atom is 0.416 e. The molecular weight excluding hydrogens is 253 g/mol. The van der Waals surface area contributed by atoms with Gasteiger partial charge in [-0.3, -0.25) is 4.79 Å². The summed E-state index contributed by atoms with van der Waals surface area (Å²) in [5.74, 6) is -0.360. The number of carbonyl (C=O) groups excluding carboxylic acids is 1. The summed E-state index contributed by atoms with van der Waals surface area (Å²) in [4.78, 5) is 11.2. The molecule has 1 nitrogen and oxygen atoms in total. The van der Waals surface area contributed by atoms with E-state index in [0.717, 1.165) is 12.1 Å². The van der Waals surface area contributed by atoms with Crippen molar-refractivity contribution in [2.24, 2.45) is 0 Å². The van der Waals surface area contributed by atoms with E-state index in [2.05, 4.69) is 0 Å². The number of aryl methyl sites for hydroxylation is 1. The first-order valence-corrected chi connectivity index (χ1v) is 5.55. The summed E-state index contributed by atoms with van der Waals surface area (Å²) in [6.45, 7) is 3.06. The summed E-state index contributed by atoms with van der Waals surface area (Å²) in [6, 6.07) is 3.33. The third-order valence-electron chi connectivity index (χ3n) is 2.48. The lowest BCUT2D eigenvalue weighted by Crippen LogP contribution is -2.10. The number of alkyl halides is 4. The van der Waals surface area contributed by atoms with Crippen molar-refractivity contribution in [3.63, 3.8) is 0 Å². The van der Waals surface area contributed by atoms with Gasteiger partial charge < -0.3 is 0 Å². The van der Waals surface area contributed by atoms with E-state index in [-0.39, 0.29) is 11.3 Å². The average molecular weight is 265 g/mol. The quantitative estimate of drug-likeness (QED) is 0.750. The number of ketones is 1. The lowest BCUT2D eigenvalue weighted by Gasteiger charge is -2.15. The molecule has 1 unspecified atom stereocenters. The Balaban J connectivity index is 3.29. The summed E-state index contributed by atoms with van der Waals surface area (Å²) in [7, 11) is 0. The van der Waals surface area contributed by atoms with Crippen LogP contribution in [0.15, 0.2) is 18.2 Å². The topological polar surface area (TPSA) is 17.1 Å². The average Bonchev–Trinajstić information content (AvgIpc) is 2.25. The molecule has 94 valence electrons. The second-order valence-corrected chi connectivity index (χ2v) is 4.17. The molecule has 0 aromatic heterocycles. The van der Waals surface area contributed by atoms with Crippen LogP contribution >= 0.6 is 11.6 Å². The summed E-state index contributed by atoms with van der Waals surface area (Å²) >= 11 is 5.83. The van der Waals surface area contributed by atoms with Crippen LogP contribution in [-0.4, -0.2) is 5.78 Å². The zero-order valence-electron chi connectivity index (χ0n) is 9.44. The van der Waals surface area contributed by atoms with E-state index < -0.39 is 17.1 Å². The molecule has 0 heterocycles. The van der Waals surface area contributed by atoms with Gasteiger partial charge in [-0.1, -0.05) is 13.0 Å². The molecule has 0 aliphatic heterocycles. The van der Waals surface area contributed by atoms with E-state index in [1.54, 1.807) is 6.92 Å². The number of rotatable bonds is 3. The van der Waals surface area contributed by atoms with Crippen molar-refractivity contribution in [3.8, 4) is 0 Å². The molecule has 0 radical (unpaired) electrons. The second-order valence-electron chi connectivity index (χ2n) is 3.74. The minimum absolute atomic E-state index is 0.247. The molecule has 0 aliphatic rings. The largest absolute Gasteiger partial charge is 0.416 e. The van der Waals surface area contributed by atoms with Gasteiger partial charge in [0.05, 0.1) is 5.56 Å². The number of halogens is 4. The first-order valence-electron chi connectivity index (χ1n) is 5.12. The minimum atomic E-state index is -4.42. The normalized spacial score (nSPS) is 13.5. The molecule has 0 spiro atoms. The van der Waals surface area contributed by atoms with Gasteiger partial charge in [-0.05, 0) is 36.6 Å². The van der Waals surface area contributed by atoms with Crippen molar-refractivity contribution < 1.29 is 18.0 Å². The van der Waals surface area contributed by atoms with Gasteiger partial charge >= 0.3 is 6.18 Å². The van der Waals surface area contributed by atoms with E-state index in [9.17, 15) is 18.0 Å². The van der Waals surface area contributed by atoms with Crippen LogP contribution < -0.4 is 0 Å². The van der Waals surface area contributed by atoms with Crippen molar-refractivity contribution in [3.05, 3.63) is 34.9 Å². The molecule has 1 aromatic carbocycles. The van der Waals surface area contributed by atoms with E-state index in [4.69, 9.17) is 11.6 Å². The van der Waals surface area contributed by atoms with Gasteiger partial charge in [0.15, 0.2) is 5.78 Å². The highest BCUT2D eigenvalue weighted by Gasteiger charge is 2.32. The molecule has 0 saturated heterocycles. The zero-order chi connectivity index (χ0) is 13.2. The Hall–Kier alpha value is -1.03. The molecule has 0 bridgehead atoms. The van der Waals surface area contributed by atoms with Crippen LogP contribution in [0.2, 0.25) is 0 Å². The van der Waals surface area contributed by atoms with Crippen molar-refractivity contribution in [2.45, 2.75) is 31.8 Å². The van der Waals surface area contributed by atoms with Crippen LogP contribution in [0, 0.1) is 0 Å². The molecule has 1 aromatic rings. The fourth-order valence-electron chi connectivity index (χ4n) is 1.55. The molecule has 0 saturated carbocycles. The Morgan fingerprint density at radius 1 is 1.41 bits per heavy atom. The van der Waals surface area contributed by atoms with Gasteiger partial charge in [0.25, 0.3) is 0 Å². The highest BCUT2D eigenvalue weighted by Crippen LogP contribution is 2.34. The first kappa shape index (κ1) is 14.0. The predicted octanol–water partition coefficient (Wildman–Crippen LogP) is 4.14. The Bertz CT molecular complexity index is 426. The van der Waals surface area contributed by atoms with E-state index >= 15 is 0 Å². The number of benzene rings is 1. The Morgan fingerprint density at radius 3 is 2.41 bits per heavy atom. The number of hydrogen-bond acceptors (Lipinski definition) is 1. The predicted molar refractivity (Wildman–Crippen MR) is 60.1 cm³/mol. The minimum Gasteiger partial charge on any atom is -0.298 e. The smallest absolute Gasteiger partial charge is 0.298 e. The van der Waals surface area contributed by atoms with Gasteiger partial charge in [0.1, 0.15) is 5.38 Å². The van der Waals surface area contributed by atoms with Crippen LogP contribution in [-0.2, 0) is 17.4 Å². The third-order valence-corrected chi connectivity index (χ3v) is 3.03. The van der Waals surface area contributed by atoms with Crippen LogP contribution in [0.5, 0.6) is 0 Å². The number of carbonyl (C=O) groups is 1. The highest BCUT2D eigenvalue weighted by atomic mass is 35.5.